The lowest BCUT2D eigenvalue weighted by molar-refractivity contribution is -0.161. The Balaban J connectivity index is 5.16. The molecule has 3 unspecified atom stereocenters. The van der Waals surface area contributed by atoms with Crippen LogP contribution in [0.5, 0.6) is 0 Å². The Hall–Kier alpha value is -1.94. The zero-order valence-corrected chi connectivity index (χ0v) is 60.6. The number of unbranched alkanes of at least 4 members (excludes halogenated alkanes) is 33. The van der Waals surface area contributed by atoms with E-state index >= 15 is 0 Å². The summed E-state index contributed by atoms with van der Waals surface area (Å²) in [6.07, 6.45) is 43.4. The van der Waals surface area contributed by atoms with Crippen LogP contribution in [0.25, 0.3) is 0 Å². The van der Waals surface area contributed by atoms with Crippen LogP contribution in [0.2, 0.25) is 0 Å². The molecular weight excluding hydrogens is 1190 g/mol. The van der Waals surface area contributed by atoms with Crippen LogP contribution < -0.4 is 0 Å². The minimum absolute atomic E-state index is 0.102. The van der Waals surface area contributed by atoms with Crippen LogP contribution in [0.15, 0.2) is 0 Å². The van der Waals surface area contributed by atoms with Gasteiger partial charge in [0, 0.05) is 25.7 Å². The SMILES string of the molecule is CCC(C)CCCCCCCCC(=O)OC[C@H](COP(=O)(O)OC[C@H](O)COP(=O)(O)OC[C@@H](COC(=O)CCCCCCCCCCCCCCCCCCC(C)C)OC(=O)CCCCCCCCC(C)C)OC(=O)CCCCCCCCCCCC(C)C. The molecule has 6 atom stereocenters. The van der Waals surface area contributed by atoms with Gasteiger partial charge in [-0.1, -0.05) is 299 Å². The molecule has 0 bridgehead atoms. The van der Waals surface area contributed by atoms with Crippen molar-refractivity contribution in [2.24, 2.45) is 23.7 Å². The maximum absolute atomic E-state index is 13.0. The molecule has 0 aliphatic carbocycles. The van der Waals surface area contributed by atoms with Crippen molar-refractivity contribution < 1.29 is 80.2 Å². The molecule has 534 valence electrons. The molecule has 90 heavy (non-hydrogen) atoms. The molecule has 17 nitrogen and oxygen atoms in total. The van der Waals surface area contributed by atoms with Crippen LogP contribution in [0, 0.1) is 23.7 Å². The summed E-state index contributed by atoms with van der Waals surface area (Å²) in [7, 11) is -9.90. The molecule has 0 aliphatic rings. The lowest BCUT2D eigenvalue weighted by Gasteiger charge is -2.21. The van der Waals surface area contributed by atoms with Crippen LogP contribution in [0.4, 0.5) is 0 Å². The van der Waals surface area contributed by atoms with E-state index in [4.69, 9.17) is 37.0 Å². The molecule has 0 aliphatic heterocycles. The van der Waals surface area contributed by atoms with Crippen molar-refractivity contribution in [1.29, 1.82) is 0 Å². The molecule has 0 amide bonds. The number of hydrogen-bond acceptors (Lipinski definition) is 15. The summed E-state index contributed by atoms with van der Waals surface area (Å²) in [5.41, 5.74) is 0. The number of phosphoric acid groups is 2. The Morgan fingerprint density at radius 2 is 0.533 bits per heavy atom. The van der Waals surface area contributed by atoms with Gasteiger partial charge >= 0.3 is 39.5 Å². The lowest BCUT2D eigenvalue weighted by Crippen LogP contribution is -2.30. The van der Waals surface area contributed by atoms with Crippen molar-refractivity contribution >= 4 is 39.5 Å². The maximum Gasteiger partial charge on any atom is 0.472 e. The molecule has 0 saturated carbocycles. The first-order chi connectivity index (χ1) is 43.1. The molecule has 0 aromatic rings. The van der Waals surface area contributed by atoms with E-state index in [9.17, 15) is 43.2 Å². The van der Waals surface area contributed by atoms with Gasteiger partial charge in [0.05, 0.1) is 26.4 Å². The van der Waals surface area contributed by atoms with E-state index in [-0.39, 0.29) is 25.7 Å². The molecule has 0 radical (unpaired) electrons. The average molecular weight is 1330 g/mol. The topological polar surface area (TPSA) is 237 Å². The summed E-state index contributed by atoms with van der Waals surface area (Å²) in [6.45, 7) is 14.0. The highest BCUT2D eigenvalue weighted by Crippen LogP contribution is 2.45. The van der Waals surface area contributed by atoms with Crippen molar-refractivity contribution in [3.05, 3.63) is 0 Å². The molecule has 3 N–H and O–H groups in total. The van der Waals surface area contributed by atoms with Crippen molar-refractivity contribution in [3.63, 3.8) is 0 Å². The second-order valence-corrected chi connectivity index (χ2v) is 30.2. The number of aliphatic hydroxyl groups is 1. The van der Waals surface area contributed by atoms with Crippen molar-refractivity contribution in [2.45, 2.75) is 369 Å². The Morgan fingerprint density at radius 3 is 0.789 bits per heavy atom. The van der Waals surface area contributed by atoms with Crippen LogP contribution in [-0.4, -0.2) is 96.7 Å². The van der Waals surface area contributed by atoms with E-state index in [0.29, 0.717) is 31.6 Å². The Morgan fingerprint density at radius 1 is 0.311 bits per heavy atom. The van der Waals surface area contributed by atoms with Crippen molar-refractivity contribution in [1.82, 2.24) is 0 Å². The Labute approximate surface area is 549 Å². The smallest absolute Gasteiger partial charge is 0.462 e. The molecule has 0 spiro atoms. The van der Waals surface area contributed by atoms with E-state index in [1.165, 1.54) is 148 Å². The summed E-state index contributed by atoms with van der Waals surface area (Å²) in [5, 5.41) is 10.6. The Kier molecular flexibility index (Phi) is 59.4. The van der Waals surface area contributed by atoms with Gasteiger partial charge in [-0.25, -0.2) is 9.13 Å². The summed E-state index contributed by atoms with van der Waals surface area (Å²) in [4.78, 5) is 72.5. The third-order valence-corrected chi connectivity index (χ3v) is 18.6. The van der Waals surface area contributed by atoms with Gasteiger partial charge in [0.15, 0.2) is 12.2 Å². The fraction of sp³-hybridized carbons (Fsp3) is 0.944. The number of rotatable bonds is 68. The van der Waals surface area contributed by atoms with Gasteiger partial charge < -0.3 is 33.8 Å². The van der Waals surface area contributed by atoms with E-state index in [1.54, 1.807) is 0 Å². The number of esters is 4. The summed E-state index contributed by atoms with van der Waals surface area (Å²) in [6, 6.07) is 0. The number of carbonyl (C=O) groups excluding carboxylic acids is 4. The van der Waals surface area contributed by atoms with E-state index in [2.05, 4.69) is 55.4 Å². The number of ether oxygens (including phenoxy) is 4. The standard InChI is InChI=1S/C71H138O17P2/c1-9-64(8)50-42-34-28-30-36-44-52-69(74)82-58-66(87-70(75)53-45-37-26-22-18-20-24-32-40-48-62(4)5)59-85-89(77,78)83-55-65(72)56-84-90(79,80)86-60-67(88-71(76)54-46-38-29-27-33-41-49-63(6)7)57-81-68(73)51-43-35-25-21-17-15-13-11-10-12-14-16-19-23-31-39-47-61(2)3/h61-67,72H,9-60H2,1-8H3,(H,77,78)(H,79,80)/t64?,65-,66+,67+/m0/s1. The van der Waals surface area contributed by atoms with Gasteiger partial charge in [-0.2, -0.15) is 0 Å². The van der Waals surface area contributed by atoms with Crippen molar-refractivity contribution in [2.75, 3.05) is 39.6 Å². The fourth-order valence-electron chi connectivity index (χ4n) is 10.6. The van der Waals surface area contributed by atoms with Crippen LogP contribution in [0.3, 0.4) is 0 Å². The molecule has 0 fully saturated rings. The molecular formula is C71H138O17P2. The van der Waals surface area contributed by atoms with Crippen molar-refractivity contribution in [3.8, 4) is 0 Å². The van der Waals surface area contributed by atoms with Crippen LogP contribution in [0.1, 0.15) is 351 Å². The first kappa shape index (κ1) is 88.1. The minimum Gasteiger partial charge on any atom is -0.462 e. The highest BCUT2D eigenvalue weighted by atomic mass is 31.2. The highest BCUT2D eigenvalue weighted by Gasteiger charge is 2.30. The van der Waals surface area contributed by atoms with Gasteiger partial charge in [0.1, 0.15) is 19.3 Å². The second-order valence-electron chi connectivity index (χ2n) is 27.3. The molecule has 0 aromatic heterocycles. The third kappa shape index (κ3) is 63.5. The number of phosphoric ester groups is 2. The number of aliphatic hydroxyl groups excluding tert-OH is 1. The van der Waals surface area contributed by atoms with Gasteiger partial charge in [0.2, 0.25) is 0 Å². The zero-order valence-electron chi connectivity index (χ0n) is 58.8. The molecule has 0 heterocycles. The highest BCUT2D eigenvalue weighted by molar-refractivity contribution is 7.47. The van der Waals surface area contributed by atoms with Gasteiger partial charge in [-0.15, -0.1) is 0 Å². The first-order valence-corrected chi connectivity index (χ1v) is 39.7. The quantitative estimate of drug-likeness (QED) is 0.0222. The van der Waals surface area contributed by atoms with Crippen LogP contribution >= 0.6 is 15.6 Å². The largest absolute Gasteiger partial charge is 0.472 e. The minimum atomic E-state index is -4.95. The summed E-state index contributed by atoms with van der Waals surface area (Å²) in [5.74, 6) is 0.815. The van der Waals surface area contributed by atoms with Crippen LogP contribution in [-0.2, 0) is 65.4 Å². The monoisotopic (exact) mass is 1320 g/mol. The fourth-order valence-corrected chi connectivity index (χ4v) is 12.2. The molecule has 19 heteroatoms. The number of hydrogen-bond donors (Lipinski definition) is 3. The molecule has 0 aromatic carbocycles. The zero-order chi connectivity index (χ0) is 66.8. The van der Waals surface area contributed by atoms with E-state index in [0.717, 1.165) is 114 Å². The summed E-state index contributed by atoms with van der Waals surface area (Å²) >= 11 is 0. The number of carbonyl (C=O) groups is 4. The normalized spacial score (nSPS) is 14.6. The average Bonchev–Trinajstić information content (AvgIpc) is 3.45. The predicted molar refractivity (Wildman–Crippen MR) is 363 cm³/mol. The molecule has 0 rings (SSSR count). The first-order valence-electron chi connectivity index (χ1n) is 36.7. The predicted octanol–water partition coefficient (Wildman–Crippen LogP) is 20.1. The third-order valence-electron chi connectivity index (χ3n) is 16.7. The Bertz CT molecular complexity index is 1780. The van der Waals surface area contributed by atoms with E-state index in [1.807, 2.05) is 0 Å². The van der Waals surface area contributed by atoms with Gasteiger partial charge in [0.25, 0.3) is 0 Å². The van der Waals surface area contributed by atoms with Gasteiger partial charge in [-0.05, 0) is 49.4 Å². The van der Waals surface area contributed by atoms with Gasteiger partial charge in [-0.3, -0.25) is 37.3 Å². The second kappa shape index (κ2) is 60.7. The van der Waals surface area contributed by atoms with E-state index < -0.39 is 97.5 Å². The summed E-state index contributed by atoms with van der Waals surface area (Å²) < 4.78 is 68.2. The lowest BCUT2D eigenvalue weighted by atomic mass is 10.00. The maximum atomic E-state index is 13.0. The molecule has 0 saturated heterocycles.